The molecule has 112 valence electrons. The molecule has 1 saturated carbocycles. The maximum absolute atomic E-state index is 11.2. The number of carboxylic acid groups (broad SMARTS) is 1. The van der Waals surface area contributed by atoms with Gasteiger partial charge in [-0.05, 0) is 36.3 Å². The summed E-state index contributed by atoms with van der Waals surface area (Å²) in [6.07, 6.45) is 2.50. The number of aromatic nitrogens is 1. The van der Waals surface area contributed by atoms with Crippen LogP contribution in [-0.4, -0.2) is 16.1 Å². The van der Waals surface area contributed by atoms with Crippen LogP contribution < -0.4 is 0 Å². The predicted molar refractivity (Wildman–Crippen MR) is 86.0 cm³/mol. The second kappa shape index (κ2) is 5.09. The molecule has 0 aliphatic heterocycles. The van der Waals surface area contributed by atoms with E-state index in [1.165, 1.54) is 4.70 Å². The van der Waals surface area contributed by atoms with Crippen molar-refractivity contribution in [3.63, 3.8) is 0 Å². The first-order valence-electron chi connectivity index (χ1n) is 7.48. The second-order valence-electron chi connectivity index (χ2n) is 7.00. The fourth-order valence-corrected chi connectivity index (χ4v) is 3.87. The van der Waals surface area contributed by atoms with Gasteiger partial charge in [0.05, 0.1) is 21.6 Å². The van der Waals surface area contributed by atoms with Crippen LogP contribution in [-0.2, 0) is 10.2 Å². The van der Waals surface area contributed by atoms with E-state index in [1.54, 1.807) is 11.3 Å². The van der Waals surface area contributed by atoms with Crippen molar-refractivity contribution in [3.8, 4) is 0 Å². The van der Waals surface area contributed by atoms with Gasteiger partial charge >= 0.3 is 5.97 Å². The molecular formula is C17H21NO2S. The van der Waals surface area contributed by atoms with E-state index >= 15 is 0 Å². The monoisotopic (exact) mass is 303 g/mol. The third-order valence-corrected chi connectivity index (χ3v) is 5.52. The van der Waals surface area contributed by atoms with Gasteiger partial charge in [-0.25, -0.2) is 4.98 Å². The molecule has 1 aromatic carbocycles. The molecule has 1 fully saturated rings. The lowest BCUT2D eigenvalue weighted by Gasteiger charge is -2.15. The Labute approximate surface area is 129 Å². The number of thiazole rings is 1. The third kappa shape index (κ3) is 2.95. The highest BCUT2D eigenvalue weighted by Gasteiger charge is 2.35. The molecule has 0 radical (unpaired) electrons. The summed E-state index contributed by atoms with van der Waals surface area (Å²) in [5.41, 5.74) is 2.18. The maximum atomic E-state index is 11.2. The molecule has 21 heavy (non-hydrogen) atoms. The zero-order valence-electron chi connectivity index (χ0n) is 12.7. The van der Waals surface area contributed by atoms with Crippen LogP contribution in [0.15, 0.2) is 18.2 Å². The molecule has 1 aliphatic rings. The Hall–Kier alpha value is -1.42. The Morgan fingerprint density at radius 2 is 2.14 bits per heavy atom. The van der Waals surface area contributed by atoms with Crippen molar-refractivity contribution < 1.29 is 9.90 Å². The van der Waals surface area contributed by atoms with Crippen LogP contribution in [0.1, 0.15) is 56.5 Å². The highest BCUT2D eigenvalue weighted by atomic mass is 32.1. The highest BCUT2D eigenvalue weighted by Crippen LogP contribution is 2.47. The van der Waals surface area contributed by atoms with Gasteiger partial charge in [-0.1, -0.05) is 32.9 Å². The van der Waals surface area contributed by atoms with Crippen molar-refractivity contribution in [1.29, 1.82) is 0 Å². The minimum atomic E-state index is -0.713. The SMILES string of the molecule is CC(C)(C)c1nc2c(C(CC(=O)O)C3CC3)cccc2s1. The smallest absolute Gasteiger partial charge is 0.303 e. The van der Waals surface area contributed by atoms with Gasteiger partial charge in [-0.3, -0.25) is 4.79 Å². The van der Waals surface area contributed by atoms with Crippen molar-refractivity contribution in [3.05, 3.63) is 28.8 Å². The number of hydrogen-bond acceptors (Lipinski definition) is 3. The molecule has 0 amide bonds. The van der Waals surface area contributed by atoms with E-state index in [4.69, 9.17) is 4.98 Å². The van der Waals surface area contributed by atoms with Crippen molar-refractivity contribution in [2.24, 2.45) is 5.92 Å². The van der Waals surface area contributed by atoms with Crippen molar-refractivity contribution >= 4 is 27.5 Å². The summed E-state index contributed by atoms with van der Waals surface area (Å²) in [6.45, 7) is 6.50. The molecule has 1 atom stereocenters. The first-order chi connectivity index (χ1) is 9.86. The number of aliphatic carboxylic acids is 1. The van der Waals surface area contributed by atoms with Gasteiger partial charge in [0.25, 0.3) is 0 Å². The Morgan fingerprint density at radius 3 is 2.71 bits per heavy atom. The standard InChI is InChI=1S/C17H21NO2S/c1-17(2,3)16-18-15-11(5-4-6-13(15)21-16)12(9-14(19)20)10-7-8-10/h4-6,10,12H,7-9H2,1-3H3,(H,19,20). The zero-order chi connectivity index (χ0) is 15.2. The Balaban J connectivity index is 2.08. The summed E-state index contributed by atoms with van der Waals surface area (Å²) < 4.78 is 1.17. The number of benzene rings is 1. The van der Waals surface area contributed by atoms with Crippen molar-refractivity contribution in [1.82, 2.24) is 4.98 Å². The molecule has 0 bridgehead atoms. The van der Waals surface area contributed by atoms with E-state index in [0.717, 1.165) is 28.9 Å². The van der Waals surface area contributed by atoms with Gasteiger partial charge in [0.1, 0.15) is 0 Å². The first-order valence-corrected chi connectivity index (χ1v) is 8.29. The van der Waals surface area contributed by atoms with Crippen LogP contribution in [0.3, 0.4) is 0 Å². The van der Waals surface area contributed by atoms with Crippen LogP contribution in [0.2, 0.25) is 0 Å². The average molecular weight is 303 g/mol. The van der Waals surface area contributed by atoms with Crippen LogP contribution in [0.5, 0.6) is 0 Å². The van der Waals surface area contributed by atoms with Gasteiger partial charge in [-0.2, -0.15) is 0 Å². The predicted octanol–water partition coefficient (Wildman–Crippen LogP) is 4.56. The van der Waals surface area contributed by atoms with E-state index < -0.39 is 5.97 Å². The van der Waals surface area contributed by atoms with E-state index in [-0.39, 0.29) is 17.8 Å². The highest BCUT2D eigenvalue weighted by molar-refractivity contribution is 7.18. The molecule has 1 aliphatic carbocycles. The van der Waals surface area contributed by atoms with Crippen LogP contribution in [0.25, 0.3) is 10.2 Å². The molecule has 1 unspecified atom stereocenters. The molecule has 4 heteroatoms. The molecule has 1 aromatic heterocycles. The number of carbonyl (C=O) groups is 1. The maximum Gasteiger partial charge on any atom is 0.303 e. The summed E-state index contributed by atoms with van der Waals surface area (Å²) in [5, 5.41) is 10.3. The molecule has 3 rings (SSSR count). The van der Waals surface area contributed by atoms with E-state index in [2.05, 4.69) is 32.9 Å². The summed E-state index contributed by atoms with van der Waals surface area (Å²) in [6, 6.07) is 6.20. The molecule has 2 aromatic rings. The largest absolute Gasteiger partial charge is 0.481 e. The van der Waals surface area contributed by atoms with Crippen LogP contribution in [0.4, 0.5) is 0 Å². The van der Waals surface area contributed by atoms with E-state index in [9.17, 15) is 9.90 Å². The quantitative estimate of drug-likeness (QED) is 0.900. The number of hydrogen-bond donors (Lipinski definition) is 1. The van der Waals surface area contributed by atoms with E-state index in [0.29, 0.717) is 5.92 Å². The number of para-hydroxylation sites is 1. The Kier molecular flexibility index (Phi) is 3.52. The topological polar surface area (TPSA) is 50.2 Å². The van der Waals surface area contributed by atoms with Crippen LogP contribution >= 0.6 is 11.3 Å². The normalized spacial score (nSPS) is 17.1. The van der Waals surface area contributed by atoms with E-state index in [1.807, 2.05) is 6.07 Å². The number of carboxylic acids is 1. The first kappa shape index (κ1) is 14.5. The molecule has 1 heterocycles. The van der Waals surface area contributed by atoms with Gasteiger partial charge in [0.2, 0.25) is 0 Å². The minimum Gasteiger partial charge on any atom is -0.481 e. The minimum absolute atomic E-state index is 0.0306. The molecule has 0 spiro atoms. The molecule has 1 N–H and O–H groups in total. The third-order valence-electron chi connectivity index (χ3n) is 4.08. The fraction of sp³-hybridized carbons (Fsp3) is 0.529. The van der Waals surface area contributed by atoms with Gasteiger partial charge in [0, 0.05) is 5.41 Å². The second-order valence-corrected chi connectivity index (χ2v) is 8.04. The van der Waals surface area contributed by atoms with Gasteiger partial charge in [-0.15, -0.1) is 11.3 Å². The van der Waals surface area contributed by atoms with Gasteiger partial charge in [0.15, 0.2) is 0 Å². The van der Waals surface area contributed by atoms with Crippen molar-refractivity contribution in [2.45, 2.75) is 51.4 Å². The summed E-state index contributed by atoms with van der Waals surface area (Å²) in [4.78, 5) is 16.0. The lowest BCUT2D eigenvalue weighted by atomic mass is 9.90. The lowest BCUT2D eigenvalue weighted by Crippen LogP contribution is -2.11. The van der Waals surface area contributed by atoms with Crippen molar-refractivity contribution in [2.75, 3.05) is 0 Å². The molecular weight excluding hydrogens is 282 g/mol. The summed E-state index contributed by atoms with van der Waals surface area (Å²) >= 11 is 1.73. The zero-order valence-corrected chi connectivity index (χ0v) is 13.5. The number of nitrogens with zero attached hydrogens (tertiary/aromatic N) is 1. The number of fused-ring (bicyclic) bond motifs is 1. The molecule has 0 saturated heterocycles. The molecule has 3 nitrogen and oxygen atoms in total. The van der Waals surface area contributed by atoms with Crippen LogP contribution in [0, 0.1) is 5.92 Å². The lowest BCUT2D eigenvalue weighted by molar-refractivity contribution is -0.137. The van der Waals surface area contributed by atoms with Gasteiger partial charge < -0.3 is 5.11 Å². The average Bonchev–Trinajstić information content (AvgIpc) is 3.11. The fourth-order valence-electron chi connectivity index (χ4n) is 2.81. The summed E-state index contributed by atoms with van der Waals surface area (Å²) in [7, 11) is 0. The Morgan fingerprint density at radius 1 is 1.43 bits per heavy atom. The summed E-state index contributed by atoms with van der Waals surface area (Å²) in [5.74, 6) is -0.0808. The Bertz CT molecular complexity index is 680. The number of rotatable bonds is 4.